The van der Waals surface area contributed by atoms with Gasteiger partial charge in [0, 0.05) is 0 Å². The first-order chi connectivity index (χ1) is 11.3. The molecule has 0 heterocycles. The van der Waals surface area contributed by atoms with Crippen LogP contribution in [-0.4, -0.2) is 35.5 Å². The summed E-state index contributed by atoms with van der Waals surface area (Å²) in [6, 6.07) is 0. The first kappa shape index (κ1) is 24.3. The fourth-order valence-electron chi connectivity index (χ4n) is 2.59. The second-order valence-corrected chi connectivity index (χ2v) is 13.1. The SMILES string of the molecule is CCCCCC(C)(C)S(=O)(=O)C(=[N+]=[N-])S(=O)(=O)C(C)(C)CCCCC. The molecule has 0 bridgehead atoms. The molecule has 0 aromatic heterocycles. The summed E-state index contributed by atoms with van der Waals surface area (Å²) in [6.45, 7) is 9.97. The molecule has 6 nitrogen and oxygen atoms in total. The van der Waals surface area contributed by atoms with Gasteiger partial charge in [-0.3, -0.25) is 0 Å². The van der Waals surface area contributed by atoms with E-state index in [1.807, 2.05) is 13.8 Å². The Bertz CT molecular complexity index is 632. The van der Waals surface area contributed by atoms with E-state index in [2.05, 4.69) is 4.79 Å². The molecule has 0 saturated carbocycles. The van der Waals surface area contributed by atoms with Gasteiger partial charge in [0.1, 0.15) is 0 Å². The Morgan fingerprint density at radius 2 is 1.08 bits per heavy atom. The maximum Gasteiger partial charge on any atom is 0.496 e. The van der Waals surface area contributed by atoms with Crippen LogP contribution in [0.25, 0.3) is 5.53 Å². The second-order valence-electron chi connectivity index (χ2n) is 7.81. The van der Waals surface area contributed by atoms with Crippen LogP contribution in [-0.2, 0) is 19.7 Å². The molecular formula is C17H34N2O4S2. The molecule has 8 heteroatoms. The molecular weight excluding hydrogens is 360 g/mol. The van der Waals surface area contributed by atoms with E-state index in [0.717, 1.165) is 25.7 Å². The van der Waals surface area contributed by atoms with Gasteiger partial charge in [-0.15, -0.1) is 4.79 Å². The summed E-state index contributed by atoms with van der Waals surface area (Å²) in [6.07, 6.45) is 5.55. The smallest absolute Gasteiger partial charge is 0.359 e. The first-order valence-electron chi connectivity index (χ1n) is 9.03. The van der Waals surface area contributed by atoms with E-state index in [-0.39, 0.29) is 0 Å². The molecule has 0 aromatic rings. The zero-order valence-electron chi connectivity index (χ0n) is 16.5. The van der Waals surface area contributed by atoms with Crippen LogP contribution in [0, 0.1) is 0 Å². The van der Waals surface area contributed by atoms with Gasteiger partial charge in [-0.2, -0.15) is 0 Å². The number of unbranched alkanes of at least 4 members (excludes halogenated alkanes) is 4. The molecule has 0 aromatic carbocycles. The Morgan fingerprint density at radius 1 is 0.760 bits per heavy atom. The van der Waals surface area contributed by atoms with Gasteiger partial charge in [0.25, 0.3) is 19.7 Å². The lowest BCUT2D eigenvalue weighted by Crippen LogP contribution is -2.47. The van der Waals surface area contributed by atoms with Crippen molar-refractivity contribution in [2.45, 2.75) is 102 Å². The van der Waals surface area contributed by atoms with E-state index in [0.29, 0.717) is 25.7 Å². The number of sulfone groups is 2. The van der Waals surface area contributed by atoms with Crippen molar-refractivity contribution >= 4 is 24.1 Å². The van der Waals surface area contributed by atoms with E-state index in [1.54, 1.807) is 0 Å². The van der Waals surface area contributed by atoms with Gasteiger partial charge < -0.3 is 5.53 Å². The molecule has 0 N–H and O–H groups in total. The summed E-state index contributed by atoms with van der Waals surface area (Å²) in [5, 5.41) is 0. The minimum Gasteiger partial charge on any atom is -0.359 e. The maximum atomic E-state index is 12.9. The predicted molar refractivity (Wildman–Crippen MR) is 103 cm³/mol. The van der Waals surface area contributed by atoms with Gasteiger partial charge in [-0.1, -0.05) is 52.4 Å². The van der Waals surface area contributed by atoms with Crippen molar-refractivity contribution in [1.82, 2.24) is 0 Å². The summed E-state index contributed by atoms with van der Waals surface area (Å²) in [5.41, 5.74) is 9.30. The standard InChI is InChI=1S/C17H34N2O4S2/c1-7-9-11-13-16(3,4)24(20,21)15(19-18)25(22,23)17(5,6)14-12-10-8-2/h7-14H2,1-6H3. The second kappa shape index (κ2) is 9.28. The summed E-state index contributed by atoms with van der Waals surface area (Å²) in [4.78, 5) is 2.76. The lowest BCUT2D eigenvalue weighted by Gasteiger charge is -2.26. The number of hydrogen-bond donors (Lipinski definition) is 0. The zero-order valence-corrected chi connectivity index (χ0v) is 18.1. The molecule has 0 unspecified atom stereocenters. The van der Waals surface area contributed by atoms with Crippen molar-refractivity contribution in [3.8, 4) is 0 Å². The van der Waals surface area contributed by atoms with Crippen LogP contribution in [0.5, 0.6) is 0 Å². The highest BCUT2D eigenvalue weighted by Gasteiger charge is 2.55. The highest BCUT2D eigenvalue weighted by Crippen LogP contribution is 2.32. The molecule has 0 aliphatic heterocycles. The molecule has 0 spiro atoms. The largest absolute Gasteiger partial charge is 0.496 e. The Balaban J connectivity index is 5.80. The predicted octanol–water partition coefficient (Wildman–Crippen LogP) is 4.12. The van der Waals surface area contributed by atoms with E-state index < -0.39 is 33.5 Å². The Morgan fingerprint density at radius 3 is 1.32 bits per heavy atom. The minimum absolute atomic E-state index is 0.313. The van der Waals surface area contributed by atoms with Crippen LogP contribution < -0.4 is 0 Å². The molecule has 0 atom stereocenters. The van der Waals surface area contributed by atoms with Crippen LogP contribution in [0.4, 0.5) is 0 Å². The number of hydrogen-bond acceptors (Lipinski definition) is 4. The lowest BCUT2D eigenvalue weighted by molar-refractivity contribution is 0.00346. The highest BCUT2D eigenvalue weighted by molar-refractivity contribution is 8.31. The van der Waals surface area contributed by atoms with Crippen LogP contribution in [0.3, 0.4) is 0 Å². The van der Waals surface area contributed by atoms with Crippen molar-refractivity contribution in [2.24, 2.45) is 0 Å². The lowest BCUT2D eigenvalue weighted by atomic mass is 10.0. The average Bonchev–Trinajstić information content (AvgIpc) is 2.47. The average molecular weight is 395 g/mol. The summed E-state index contributed by atoms with van der Waals surface area (Å²) < 4.78 is 48.0. The number of nitrogens with zero attached hydrogens (tertiary/aromatic N) is 2. The van der Waals surface area contributed by atoms with Crippen molar-refractivity contribution in [3.63, 3.8) is 0 Å². The van der Waals surface area contributed by atoms with Crippen LogP contribution >= 0.6 is 0 Å². The van der Waals surface area contributed by atoms with Crippen LogP contribution in [0.1, 0.15) is 92.9 Å². The zero-order chi connectivity index (χ0) is 19.9. The topological polar surface area (TPSA) is 105 Å². The molecule has 0 fully saturated rings. The van der Waals surface area contributed by atoms with Gasteiger partial charge in [-0.05, 0) is 40.5 Å². The minimum atomic E-state index is -4.29. The van der Waals surface area contributed by atoms with Gasteiger partial charge in [0.05, 0.1) is 9.49 Å². The summed E-state index contributed by atoms with van der Waals surface area (Å²) in [7, 11) is -8.58. The Hall–Kier alpha value is -0.720. The van der Waals surface area contributed by atoms with Gasteiger partial charge in [0.15, 0.2) is 0 Å². The maximum absolute atomic E-state index is 12.9. The molecule has 0 rings (SSSR count). The fourth-order valence-corrected chi connectivity index (χ4v) is 7.09. The van der Waals surface area contributed by atoms with Crippen molar-refractivity contribution in [3.05, 3.63) is 5.53 Å². The monoisotopic (exact) mass is 394 g/mol. The highest BCUT2D eigenvalue weighted by atomic mass is 32.3. The number of rotatable bonds is 10. The van der Waals surface area contributed by atoms with Gasteiger partial charge >= 0.3 is 4.38 Å². The van der Waals surface area contributed by atoms with Gasteiger partial charge in [0.2, 0.25) is 0 Å². The molecule has 148 valence electrons. The third-order valence-corrected chi connectivity index (χ3v) is 10.5. The normalized spacial score (nSPS) is 13.5. The molecule has 0 aliphatic rings. The van der Waals surface area contributed by atoms with E-state index >= 15 is 0 Å². The summed E-state index contributed by atoms with van der Waals surface area (Å²) in [5.74, 6) is 0. The quantitative estimate of drug-likeness (QED) is 0.183. The molecule has 0 radical (unpaired) electrons. The third-order valence-electron chi connectivity index (χ3n) is 4.76. The van der Waals surface area contributed by atoms with Crippen LogP contribution in [0.15, 0.2) is 0 Å². The molecule has 0 saturated heterocycles. The Kier molecular flexibility index (Phi) is 9.02. The van der Waals surface area contributed by atoms with Crippen molar-refractivity contribution in [2.75, 3.05) is 0 Å². The fraction of sp³-hybridized carbons (Fsp3) is 0.941. The summed E-state index contributed by atoms with van der Waals surface area (Å²) >= 11 is 0. The van der Waals surface area contributed by atoms with Crippen molar-refractivity contribution < 1.29 is 21.6 Å². The van der Waals surface area contributed by atoms with E-state index in [4.69, 9.17) is 0 Å². The van der Waals surface area contributed by atoms with E-state index in [1.165, 1.54) is 27.7 Å². The van der Waals surface area contributed by atoms with Crippen molar-refractivity contribution in [1.29, 1.82) is 0 Å². The van der Waals surface area contributed by atoms with Crippen LogP contribution in [0.2, 0.25) is 0 Å². The molecule has 0 aliphatic carbocycles. The van der Waals surface area contributed by atoms with E-state index in [9.17, 15) is 22.4 Å². The first-order valence-corrected chi connectivity index (χ1v) is 12.0. The Labute approximate surface area is 153 Å². The molecule has 25 heavy (non-hydrogen) atoms. The third kappa shape index (κ3) is 5.63. The molecule has 0 amide bonds. The van der Waals surface area contributed by atoms with Gasteiger partial charge in [-0.25, -0.2) is 16.8 Å².